The number of nitrogens with zero attached hydrogens (tertiary/aromatic N) is 3. The minimum Gasteiger partial charge on any atom is -0.409 e. The fraction of sp³-hybridized carbons (Fsp3) is 0.667. The predicted molar refractivity (Wildman–Crippen MR) is 77.4 cm³/mol. The topological polar surface area (TPSA) is 123 Å². The van der Waals surface area contributed by atoms with E-state index in [1.165, 1.54) is 16.9 Å². The van der Waals surface area contributed by atoms with Gasteiger partial charge in [-0.2, -0.15) is 9.82 Å². The molecular formula is C12H21N5O3S. The Morgan fingerprint density at radius 3 is 2.52 bits per heavy atom. The molecule has 9 heteroatoms. The van der Waals surface area contributed by atoms with Gasteiger partial charge in [-0.3, -0.25) is 4.68 Å². The maximum Gasteiger partial charge on any atom is 0.258 e. The molecule has 0 atom stereocenters. The van der Waals surface area contributed by atoms with E-state index in [-0.39, 0.29) is 10.9 Å². The molecule has 21 heavy (non-hydrogen) atoms. The molecule has 0 amide bonds. The van der Waals surface area contributed by atoms with Crippen molar-refractivity contribution in [3.63, 3.8) is 0 Å². The lowest BCUT2D eigenvalue weighted by atomic mass is 9.90. The van der Waals surface area contributed by atoms with Crippen LogP contribution in [0.15, 0.2) is 22.4 Å². The minimum absolute atomic E-state index is 0.0526. The maximum absolute atomic E-state index is 12.6. The molecule has 0 aromatic carbocycles. The summed E-state index contributed by atoms with van der Waals surface area (Å²) in [6.07, 6.45) is 6.10. The highest BCUT2D eigenvalue weighted by Gasteiger charge is 2.40. The normalized spacial score (nSPS) is 20.1. The second-order valence-electron chi connectivity index (χ2n) is 5.38. The number of aromatic nitrogens is 2. The number of rotatable bonds is 4. The molecule has 0 spiro atoms. The van der Waals surface area contributed by atoms with Crippen molar-refractivity contribution in [2.75, 3.05) is 0 Å². The molecule has 118 valence electrons. The van der Waals surface area contributed by atoms with E-state index in [9.17, 15) is 8.42 Å². The highest BCUT2D eigenvalue weighted by molar-refractivity contribution is 7.89. The van der Waals surface area contributed by atoms with Crippen LogP contribution in [-0.2, 0) is 17.1 Å². The number of amidine groups is 1. The van der Waals surface area contributed by atoms with Gasteiger partial charge in [-0.25, -0.2) is 8.42 Å². The monoisotopic (exact) mass is 315 g/mol. The molecule has 8 nitrogen and oxygen atoms in total. The van der Waals surface area contributed by atoms with Crippen LogP contribution in [0.3, 0.4) is 0 Å². The summed E-state index contributed by atoms with van der Waals surface area (Å²) in [5.74, 6) is -0.0878. The zero-order valence-corrected chi connectivity index (χ0v) is 12.8. The Kier molecular flexibility index (Phi) is 4.52. The van der Waals surface area contributed by atoms with Crippen LogP contribution in [0.1, 0.15) is 38.5 Å². The van der Waals surface area contributed by atoms with E-state index >= 15 is 0 Å². The number of nitrogens with one attached hydrogen (secondary N) is 1. The van der Waals surface area contributed by atoms with Gasteiger partial charge in [-0.1, -0.05) is 30.8 Å². The van der Waals surface area contributed by atoms with E-state index in [2.05, 4.69) is 15.0 Å². The van der Waals surface area contributed by atoms with Gasteiger partial charge >= 0.3 is 0 Å². The van der Waals surface area contributed by atoms with Gasteiger partial charge in [0, 0.05) is 7.05 Å². The highest BCUT2D eigenvalue weighted by Crippen LogP contribution is 2.29. The van der Waals surface area contributed by atoms with E-state index < -0.39 is 15.6 Å². The summed E-state index contributed by atoms with van der Waals surface area (Å²) in [5.41, 5.74) is 4.77. The first kappa shape index (κ1) is 15.8. The van der Waals surface area contributed by atoms with Gasteiger partial charge < -0.3 is 10.9 Å². The molecule has 0 bridgehead atoms. The molecule has 1 saturated carbocycles. The lowest BCUT2D eigenvalue weighted by Crippen LogP contribution is -2.57. The van der Waals surface area contributed by atoms with Crippen molar-refractivity contribution < 1.29 is 13.6 Å². The fourth-order valence-electron chi connectivity index (χ4n) is 2.77. The summed E-state index contributed by atoms with van der Waals surface area (Å²) in [4.78, 5) is 0. The number of hydrogen-bond acceptors (Lipinski definition) is 5. The predicted octanol–water partition coefficient (Wildman–Crippen LogP) is 0.538. The maximum atomic E-state index is 12.6. The standard InChI is InChI=1S/C12H21N5O3S/c1-17-10(6-9-14-17)21(19,20)16-12(11(13)15-18)7-4-2-3-5-8-12/h6,9,16,18H,2-5,7-8H2,1H3,(H2,13,15). The lowest BCUT2D eigenvalue weighted by molar-refractivity contribution is 0.306. The van der Waals surface area contributed by atoms with Gasteiger partial charge in [-0.15, -0.1) is 0 Å². The second-order valence-corrected chi connectivity index (χ2v) is 7.01. The molecule has 1 aromatic rings. The third-order valence-corrected chi connectivity index (χ3v) is 5.55. The minimum atomic E-state index is -3.80. The molecule has 1 aliphatic rings. The summed E-state index contributed by atoms with van der Waals surface area (Å²) in [6, 6.07) is 1.42. The average Bonchev–Trinajstić information content (AvgIpc) is 2.74. The molecule has 4 N–H and O–H groups in total. The van der Waals surface area contributed by atoms with Crippen molar-refractivity contribution in [3.8, 4) is 0 Å². The SMILES string of the molecule is Cn1nccc1S(=O)(=O)NC1(/C(N)=N/O)CCCCCC1. The number of oxime groups is 1. The Morgan fingerprint density at radius 1 is 1.43 bits per heavy atom. The fourth-order valence-corrected chi connectivity index (χ4v) is 4.34. The Balaban J connectivity index is 2.37. The van der Waals surface area contributed by atoms with Crippen LogP contribution in [0.4, 0.5) is 0 Å². The van der Waals surface area contributed by atoms with Crippen LogP contribution < -0.4 is 10.5 Å². The molecule has 0 radical (unpaired) electrons. The van der Waals surface area contributed by atoms with Gasteiger partial charge in [0.2, 0.25) is 0 Å². The van der Waals surface area contributed by atoms with Gasteiger partial charge in [0.15, 0.2) is 10.9 Å². The van der Waals surface area contributed by atoms with Crippen LogP contribution in [0.2, 0.25) is 0 Å². The number of hydrogen-bond donors (Lipinski definition) is 3. The van der Waals surface area contributed by atoms with E-state index in [1.54, 1.807) is 7.05 Å². The van der Waals surface area contributed by atoms with Gasteiger partial charge in [-0.05, 0) is 18.9 Å². The molecular weight excluding hydrogens is 294 g/mol. The van der Waals surface area contributed by atoms with E-state index in [0.29, 0.717) is 12.8 Å². The summed E-state index contributed by atoms with van der Waals surface area (Å²) < 4.78 is 29.0. The lowest BCUT2D eigenvalue weighted by Gasteiger charge is -2.31. The van der Waals surface area contributed by atoms with Gasteiger partial charge in [0.25, 0.3) is 10.0 Å². The zero-order chi connectivity index (χ0) is 15.5. The first-order valence-corrected chi connectivity index (χ1v) is 8.40. The van der Waals surface area contributed by atoms with Crippen LogP contribution in [0.5, 0.6) is 0 Å². The smallest absolute Gasteiger partial charge is 0.258 e. The van der Waals surface area contributed by atoms with E-state index in [0.717, 1.165) is 25.7 Å². The van der Waals surface area contributed by atoms with Gasteiger partial charge in [0.05, 0.1) is 11.7 Å². The second kappa shape index (κ2) is 6.02. The number of aryl methyl sites for hydroxylation is 1. The first-order valence-electron chi connectivity index (χ1n) is 6.91. The van der Waals surface area contributed by atoms with Crippen molar-refractivity contribution in [2.45, 2.75) is 49.1 Å². The Bertz CT molecular complexity index is 615. The first-order chi connectivity index (χ1) is 9.91. The molecule has 0 saturated heterocycles. The van der Waals surface area contributed by atoms with Crippen molar-refractivity contribution >= 4 is 15.9 Å². The molecule has 0 unspecified atom stereocenters. The molecule has 0 aliphatic heterocycles. The average molecular weight is 315 g/mol. The Morgan fingerprint density at radius 2 is 2.05 bits per heavy atom. The third-order valence-electron chi connectivity index (χ3n) is 3.94. The molecule has 1 fully saturated rings. The molecule has 1 aliphatic carbocycles. The van der Waals surface area contributed by atoms with E-state index in [1.807, 2.05) is 0 Å². The van der Waals surface area contributed by atoms with Crippen molar-refractivity contribution in [1.82, 2.24) is 14.5 Å². The summed E-state index contributed by atoms with van der Waals surface area (Å²) >= 11 is 0. The highest BCUT2D eigenvalue weighted by atomic mass is 32.2. The van der Waals surface area contributed by atoms with Crippen molar-refractivity contribution in [1.29, 1.82) is 0 Å². The van der Waals surface area contributed by atoms with Crippen LogP contribution in [-0.4, -0.2) is 34.8 Å². The molecule has 1 aromatic heterocycles. The number of sulfonamides is 1. The van der Waals surface area contributed by atoms with Crippen LogP contribution >= 0.6 is 0 Å². The number of nitrogens with two attached hydrogens (primary N) is 1. The zero-order valence-electron chi connectivity index (χ0n) is 12.0. The van der Waals surface area contributed by atoms with Crippen LogP contribution in [0.25, 0.3) is 0 Å². The third kappa shape index (κ3) is 3.18. The van der Waals surface area contributed by atoms with Gasteiger partial charge in [0.1, 0.15) is 0 Å². The Labute approximate surface area is 124 Å². The van der Waals surface area contributed by atoms with Crippen LogP contribution in [0, 0.1) is 0 Å². The summed E-state index contributed by atoms with van der Waals surface area (Å²) in [7, 11) is -2.25. The quantitative estimate of drug-likeness (QED) is 0.246. The van der Waals surface area contributed by atoms with Crippen molar-refractivity contribution in [3.05, 3.63) is 12.3 Å². The molecule has 2 rings (SSSR count). The Hall–Kier alpha value is -1.61. The summed E-state index contributed by atoms with van der Waals surface area (Å²) in [5, 5.41) is 16.0. The van der Waals surface area contributed by atoms with E-state index in [4.69, 9.17) is 10.9 Å². The largest absolute Gasteiger partial charge is 0.409 e. The summed E-state index contributed by atoms with van der Waals surface area (Å²) in [6.45, 7) is 0. The van der Waals surface area contributed by atoms with Crippen molar-refractivity contribution in [2.24, 2.45) is 17.9 Å². The molecule has 1 heterocycles.